The van der Waals surface area contributed by atoms with Gasteiger partial charge in [-0.3, -0.25) is 19.3 Å². The van der Waals surface area contributed by atoms with Crippen molar-refractivity contribution in [1.29, 1.82) is 0 Å². The third kappa shape index (κ3) is 5.28. The van der Waals surface area contributed by atoms with Crippen LogP contribution in [0.3, 0.4) is 0 Å². The first-order valence-electron chi connectivity index (χ1n) is 9.50. The number of hydrogen-bond donors (Lipinski definition) is 4. The molecule has 0 aliphatic carbocycles. The molecule has 0 bridgehead atoms. The van der Waals surface area contributed by atoms with Crippen molar-refractivity contribution in [2.24, 2.45) is 10.1 Å². The zero-order chi connectivity index (χ0) is 24.3. The number of amides is 2. The number of β-lactam (4-membered cyclic amide) rings is 1. The molecule has 13 nitrogen and oxygen atoms in total. The molecule has 1 fully saturated rings. The summed E-state index contributed by atoms with van der Waals surface area (Å²) in [5, 5.41) is 27.0. The van der Waals surface area contributed by atoms with E-state index in [4.69, 9.17) is 0 Å². The van der Waals surface area contributed by atoms with E-state index >= 15 is 0 Å². The van der Waals surface area contributed by atoms with Crippen LogP contribution in [-0.2, 0) is 24.0 Å². The van der Waals surface area contributed by atoms with E-state index in [1.54, 1.807) is 6.92 Å². The number of aliphatic hydroxyl groups excluding tert-OH is 1. The molecule has 0 saturated carbocycles. The van der Waals surface area contributed by atoms with Crippen LogP contribution in [0.4, 0.5) is 0 Å². The van der Waals surface area contributed by atoms with E-state index in [0.717, 1.165) is 4.90 Å². The Balaban J connectivity index is 1.71. The summed E-state index contributed by atoms with van der Waals surface area (Å²) in [6.45, 7) is 2.11. The smallest absolute Gasteiger partial charge is 0.352 e. The van der Waals surface area contributed by atoms with Gasteiger partial charge in [0.15, 0.2) is 0 Å². The van der Waals surface area contributed by atoms with E-state index in [2.05, 4.69) is 41.5 Å². The van der Waals surface area contributed by atoms with Gasteiger partial charge in [-0.25, -0.2) is 14.1 Å². The molecule has 33 heavy (non-hydrogen) atoms. The number of amidine groups is 1. The summed E-state index contributed by atoms with van der Waals surface area (Å²) in [5.41, 5.74) is -0.0625. The lowest BCUT2D eigenvalue weighted by molar-refractivity contribution is -0.150. The normalized spacial score (nSPS) is 25.5. The van der Waals surface area contributed by atoms with E-state index in [-0.39, 0.29) is 23.2 Å². The second kappa shape index (κ2) is 10.8. The molecule has 3 atom stereocenters. The van der Waals surface area contributed by atoms with Gasteiger partial charge in [0.2, 0.25) is 11.5 Å². The summed E-state index contributed by atoms with van der Waals surface area (Å²) in [6.07, 6.45) is -0.315. The zero-order valence-electron chi connectivity index (χ0n) is 17.5. The Bertz CT molecular complexity index is 958. The van der Waals surface area contributed by atoms with Crippen LogP contribution in [0.25, 0.3) is 0 Å². The van der Waals surface area contributed by atoms with E-state index in [0.29, 0.717) is 23.7 Å². The number of halogens is 1. The highest BCUT2D eigenvalue weighted by Gasteiger charge is 2.54. The minimum atomic E-state index is -1.24. The maximum Gasteiger partial charge on any atom is 0.352 e. The number of thioether (sulfide) groups is 1. The van der Waals surface area contributed by atoms with Crippen LogP contribution in [0.5, 0.6) is 0 Å². The SMILES string of the molecule is CON=C(C(=O)CBr)C(=O)N[C@@H]1C(=O)N2C(C(=O)O)=C(CSN3CNC(O)=NC3C)CS[C@H]12. The number of aliphatic hydroxyl groups is 1. The number of rotatable bonds is 9. The maximum absolute atomic E-state index is 12.8. The van der Waals surface area contributed by atoms with Gasteiger partial charge in [-0.15, -0.1) is 11.8 Å². The van der Waals surface area contributed by atoms with Crippen LogP contribution in [-0.4, -0.2) is 103 Å². The average molecular weight is 565 g/mol. The molecular formula is C17H21BrN6O7S2. The van der Waals surface area contributed by atoms with Gasteiger partial charge in [0.05, 0.1) is 12.0 Å². The number of alkyl halides is 1. The molecule has 3 aliphatic rings. The first kappa shape index (κ1) is 25.3. The summed E-state index contributed by atoms with van der Waals surface area (Å²) in [7, 11) is 1.18. The fourth-order valence-electron chi connectivity index (χ4n) is 3.26. The number of carboxylic acid groups (broad SMARTS) is 1. The van der Waals surface area contributed by atoms with Gasteiger partial charge in [-0.1, -0.05) is 33.0 Å². The molecule has 3 aliphatic heterocycles. The number of aliphatic imine (C=N–C) groups is 1. The Morgan fingerprint density at radius 2 is 2.18 bits per heavy atom. The quantitative estimate of drug-likeness (QED) is 0.0707. The number of nitrogens with zero attached hydrogens (tertiary/aromatic N) is 4. The number of hydrogen-bond acceptors (Lipinski definition) is 11. The number of Topliss-reactive ketones (excluding diaryl/α,β-unsaturated/α-hetero) is 1. The average Bonchev–Trinajstić information content (AvgIpc) is 2.78. The molecule has 0 aromatic carbocycles. The third-order valence-electron chi connectivity index (χ3n) is 4.84. The van der Waals surface area contributed by atoms with E-state index < -0.39 is 40.7 Å². The van der Waals surface area contributed by atoms with Crippen molar-refractivity contribution in [2.45, 2.75) is 24.5 Å². The van der Waals surface area contributed by atoms with Crippen LogP contribution in [0.2, 0.25) is 0 Å². The summed E-state index contributed by atoms with van der Waals surface area (Å²) < 4.78 is 1.83. The molecule has 2 amide bonds. The molecule has 1 saturated heterocycles. The number of ketones is 1. The molecule has 3 heterocycles. The topological polar surface area (TPSA) is 173 Å². The highest BCUT2D eigenvalue weighted by atomic mass is 79.9. The predicted molar refractivity (Wildman–Crippen MR) is 125 cm³/mol. The molecule has 1 unspecified atom stereocenters. The number of carbonyl (C=O) groups excluding carboxylic acids is 3. The lowest BCUT2D eigenvalue weighted by Crippen LogP contribution is -2.71. The van der Waals surface area contributed by atoms with Crippen LogP contribution in [0.1, 0.15) is 6.92 Å². The van der Waals surface area contributed by atoms with Crippen LogP contribution in [0, 0.1) is 0 Å². The number of aliphatic carboxylic acids is 1. The highest BCUT2D eigenvalue weighted by molar-refractivity contribution is 9.09. The number of carbonyl (C=O) groups is 4. The first-order chi connectivity index (χ1) is 15.7. The summed E-state index contributed by atoms with van der Waals surface area (Å²) >= 11 is 5.59. The van der Waals surface area contributed by atoms with Crippen LogP contribution >= 0.6 is 39.6 Å². The maximum atomic E-state index is 12.8. The van der Waals surface area contributed by atoms with E-state index in [1.165, 1.54) is 30.8 Å². The minimum Gasteiger partial charge on any atom is -0.481 e. The molecule has 180 valence electrons. The number of oxime groups is 1. The monoisotopic (exact) mass is 564 g/mol. The largest absolute Gasteiger partial charge is 0.481 e. The first-order valence-corrected chi connectivity index (χ1v) is 12.6. The van der Waals surface area contributed by atoms with Crippen molar-refractivity contribution in [2.75, 3.05) is 30.6 Å². The van der Waals surface area contributed by atoms with Crippen molar-refractivity contribution in [1.82, 2.24) is 19.8 Å². The predicted octanol–water partition coefficient (Wildman–Crippen LogP) is -0.538. The minimum absolute atomic E-state index is 0.118. The van der Waals surface area contributed by atoms with Gasteiger partial charge in [0.1, 0.15) is 30.4 Å². The van der Waals surface area contributed by atoms with Gasteiger partial charge in [0, 0.05) is 11.5 Å². The third-order valence-corrected chi connectivity index (χ3v) is 7.94. The van der Waals surface area contributed by atoms with Crippen molar-refractivity contribution >= 4 is 74.9 Å². The van der Waals surface area contributed by atoms with Crippen LogP contribution in [0.15, 0.2) is 21.4 Å². The van der Waals surface area contributed by atoms with Gasteiger partial charge in [0.25, 0.3) is 17.8 Å². The van der Waals surface area contributed by atoms with Gasteiger partial charge in [-0.05, 0) is 12.5 Å². The van der Waals surface area contributed by atoms with E-state index in [9.17, 15) is 29.4 Å². The zero-order valence-corrected chi connectivity index (χ0v) is 20.7. The summed E-state index contributed by atoms with van der Waals surface area (Å²) in [6, 6.07) is -1.16. The Labute approximate surface area is 205 Å². The van der Waals surface area contributed by atoms with Gasteiger partial charge in [-0.2, -0.15) is 0 Å². The number of carboxylic acids is 1. The molecule has 0 aromatic rings. The summed E-state index contributed by atoms with van der Waals surface area (Å²) in [5.74, 6) is -2.71. The second-order valence-corrected chi connectivity index (χ2v) is 9.59. The summed E-state index contributed by atoms with van der Waals surface area (Å²) in [4.78, 5) is 58.8. The molecular weight excluding hydrogens is 544 g/mol. The lowest BCUT2D eigenvalue weighted by Gasteiger charge is -2.49. The molecule has 0 aromatic heterocycles. The van der Waals surface area contributed by atoms with Gasteiger partial charge >= 0.3 is 5.97 Å². The van der Waals surface area contributed by atoms with Crippen molar-refractivity contribution in [3.63, 3.8) is 0 Å². The van der Waals surface area contributed by atoms with Crippen molar-refractivity contribution in [3.8, 4) is 0 Å². The Kier molecular flexibility index (Phi) is 8.25. The Morgan fingerprint density at radius 3 is 2.79 bits per heavy atom. The Morgan fingerprint density at radius 1 is 1.45 bits per heavy atom. The molecule has 0 spiro atoms. The highest BCUT2D eigenvalue weighted by Crippen LogP contribution is 2.41. The standard InChI is InChI=1S/C17H21BrN6O7S2/c1-7-20-17(30)19-6-23(7)33-5-8-4-32-15-11(14(27)24(15)12(8)16(28)29)21-13(26)10(22-31-2)9(25)3-18/h7,11,15H,3-6H2,1-2H3,(H,21,26)(H,28,29)(H2,19,20,30)/t7?,11-,15-/m1/s1. The molecule has 16 heteroatoms. The Hall–Kier alpha value is -2.30. The fraction of sp³-hybridized carbons (Fsp3) is 0.529. The van der Waals surface area contributed by atoms with Crippen molar-refractivity contribution < 1.29 is 34.2 Å². The van der Waals surface area contributed by atoms with Crippen LogP contribution < -0.4 is 10.6 Å². The van der Waals surface area contributed by atoms with E-state index in [1.807, 2.05) is 4.31 Å². The number of nitrogens with one attached hydrogen (secondary N) is 2. The van der Waals surface area contributed by atoms with Gasteiger partial charge < -0.3 is 25.7 Å². The van der Waals surface area contributed by atoms with Crippen molar-refractivity contribution in [3.05, 3.63) is 11.3 Å². The molecule has 3 rings (SSSR count). The second-order valence-electron chi connectivity index (χ2n) is 6.91. The lowest BCUT2D eigenvalue weighted by atomic mass is 10.0. The fourth-order valence-corrected chi connectivity index (χ4v) is 5.98. The molecule has 0 radical (unpaired) electrons. The molecule has 4 N–H and O–H groups in total. The number of fused-ring (bicyclic) bond motifs is 1.